The standard InChI is InChI=1S/C14H27N3O2/c1-10-6-11(4-5-15-10)14(19)17-9-13(18)7-12(17)8-16(2)3/h10-13,15,18H,4-9H2,1-3H3. The van der Waals surface area contributed by atoms with E-state index in [2.05, 4.69) is 17.1 Å². The van der Waals surface area contributed by atoms with Crippen molar-refractivity contribution in [3.63, 3.8) is 0 Å². The molecule has 0 aromatic rings. The minimum atomic E-state index is -0.354. The molecule has 0 radical (unpaired) electrons. The van der Waals surface area contributed by atoms with Gasteiger partial charge in [-0.2, -0.15) is 0 Å². The van der Waals surface area contributed by atoms with Gasteiger partial charge in [-0.15, -0.1) is 0 Å². The van der Waals surface area contributed by atoms with Gasteiger partial charge < -0.3 is 20.2 Å². The number of piperidine rings is 1. The third kappa shape index (κ3) is 3.68. The Morgan fingerprint density at radius 3 is 2.79 bits per heavy atom. The van der Waals surface area contributed by atoms with Crippen molar-refractivity contribution >= 4 is 5.91 Å². The lowest BCUT2D eigenvalue weighted by molar-refractivity contribution is -0.138. The summed E-state index contributed by atoms with van der Waals surface area (Å²) in [5.74, 6) is 0.378. The summed E-state index contributed by atoms with van der Waals surface area (Å²) >= 11 is 0. The Bertz CT molecular complexity index is 322. The molecule has 2 aliphatic heterocycles. The number of nitrogens with one attached hydrogen (secondary N) is 1. The number of hydrogen-bond acceptors (Lipinski definition) is 4. The Balaban J connectivity index is 1.99. The van der Waals surface area contributed by atoms with Crippen LogP contribution in [0.25, 0.3) is 0 Å². The second kappa shape index (κ2) is 6.20. The number of aliphatic hydroxyl groups excluding tert-OH is 1. The number of aliphatic hydroxyl groups is 1. The largest absolute Gasteiger partial charge is 0.391 e. The van der Waals surface area contributed by atoms with Crippen molar-refractivity contribution in [1.29, 1.82) is 0 Å². The fraction of sp³-hybridized carbons (Fsp3) is 0.929. The maximum absolute atomic E-state index is 12.7. The Morgan fingerprint density at radius 1 is 1.42 bits per heavy atom. The van der Waals surface area contributed by atoms with Gasteiger partial charge in [-0.25, -0.2) is 0 Å². The molecule has 4 atom stereocenters. The van der Waals surface area contributed by atoms with E-state index in [1.807, 2.05) is 19.0 Å². The summed E-state index contributed by atoms with van der Waals surface area (Å²) in [5, 5.41) is 13.2. The van der Waals surface area contributed by atoms with Crippen LogP contribution in [0.2, 0.25) is 0 Å². The summed E-state index contributed by atoms with van der Waals surface area (Å²) < 4.78 is 0. The molecule has 0 bridgehead atoms. The molecular formula is C14H27N3O2. The van der Waals surface area contributed by atoms with Crippen molar-refractivity contribution in [2.45, 2.75) is 44.4 Å². The van der Waals surface area contributed by atoms with E-state index in [9.17, 15) is 9.90 Å². The van der Waals surface area contributed by atoms with Crippen molar-refractivity contribution < 1.29 is 9.90 Å². The first-order chi connectivity index (χ1) is 8.97. The predicted octanol–water partition coefficient (Wildman–Crippen LogP) is -0.102. The van der Waals surface area contributed by atoms with Gasteiger partial charge in [0.25, 0.3) is 0 Å². The Kier molecular flexibility index (Phi) is 4.81. The van der Waals surface area contributed by atoms with Crippen molar-refractivity contribution in [3.8, 4) is 0 Å². The first-order valence-corrected chi connectivity index (χ1v) is 7.34. The van der Waals surface area contributed by atoms with Crippen LogP contribution in [0.1, 0.15) is 26.2 Å². The lowest BCUT2D eigenvalue weighted by atomic mass is 9.92. The van der Waals surface area contributed by atoms with Crippen LogP contribution in [0.3, 0.4) is 0 Å². The van der Waals surface area contributed by atoms with Gasteiger partial charge in [0.05, 0.1) is 6.10 Å². The highest BCUT2D eigenvalue weighted by Crippen LogP contribution is 2.25. The molecule has 0 saturated carbocycles. The zero-order valence-corrected chi connectivity index (χ0v) is 12.3. The summed E-state index contributed by atoms with van der Waals surface area (Å²) in [5.41, 5.74) is 0. The van der Waals surface area contributed by atoms with Crippen molar-refractivity contribution in [3.05, 3.63) is 0 Å². The molecule has 2 rings (SSSR count). The van der Waals surface area contributed by atoms with Gasteiger partial charge in [0.15, 0.2) is 0 Å². The smallest absolute Gasteiger partial charge is 0.226 e. The van der Waals surface area contributed by atoms with E-state index in [4.69, 9.17) is 0 Å². The monoisotopic (exact) mass is 269 g/mol. The maximum Gasteiger partial charge on any atom is 0.226 e. The fourth-order valence-corrected chi connectivity index (χ4v) is 3.35. The van der Waals surface area contributed by atoms with E-state index < -0.39 is 0 Å². The number of carbonyl (C=O) groups is 1. The Morgan fingerprint density at radius 2 is 2.16 bits per heavy atom. The molecule has 4 unspecified atom stereocenters. The van der Waals surface area contributed by atoms with Gasteiger partial charge in [-0.1, -0.05) is 0 Å². The average Bonchev–Trinajstić information content (AvgIpc) is 2.68. The zero-order chi connectivity index (χ0) is 14.0. The van der Waals surface area contributed by atoms with E-state index in [0.717, 1.165) is 25.9 Å². The molecule has 2 saturated heterocycles. The number of likely N-dealkylation sites (tertiary alicyclic amines) is 1. The molecular weight excluding hydrogens is 242 g/mol. The number of nitrogens with zero attached hydrogens (tertiary/aromatic N) is 2. The summed E-state index contributed by atoms with van der Waals surface area (Å²) in [6, 6.07) is 0.588. The third-order valence-corrected chi connectivity index (χ3v) is 4.22. The van der Waals surface area contributed by atoms with E-state index in [-0.39, 0.29) is 24.0 Å². The summed E-state index contributed by atoms with van der Waals surface area (Å²) in [4.78, 5) is 16.7. The third-order valence-electron chi connectivity index (χ3n) is 4.22. The van der Waals surface area contributed by atoms with Gasteiger partial charge in [-0.05, 0) is 46.8 Å². The van der Waals surface area contributed by atoms with Gasteiger partial charge in [0.2, 0.25) is 5.91 Å². The maximum atomic E-state index is 12.7. The van der Waals surface area contributed by atoms with Gasteiger partial charge in [0, 0.05) is 31.1 Å². The van der Waals surface area contributed by atoms with Crippen LogP contribution in [0, 0.1) is 5.92 Å². The predicted molar refractivity (Wildman–Crippen MR) is 74.9 cm³/mol. The number of amides is 1. The van der Waals surface area contributed by atoms with Crippen LogP contribution in [-0.4, -0.2) is 72.7 Å². The van der Waals surface area contributed by atoms with Gasteiger partial charge in [-0.3, -0.25) is 4.79 Å². The second-order valence-electron chi connectivity index (χ2n) is 6.37. The first-order valence-electron chi connectivity index (χ1n) is 7.34. The number of β-amino-alcohol motifs (C(OH)–C–C–N with tert-alkyl or cyclic N) is 1. The van der Waals surface area contributed by atoms with Crippen LogP contribution in [0.5, 0.6) is 0 Å². The Labute approximate surface area is 115 Å². The van der Waals surface area contributed by atoms with Crippen molar-refractivity contribution in [1.82, 2.24) is 15.1 Å². The van der Waals surface area contributed by atoms with Crippen molar-refractivity contribution in [2.24, 2.45) is 5.92 Å². The second-order valence-corrected chi connectivity index (χ2v) is 6.37. The molecule has 2 N–H and O–H groups in total. The number of rotatable bonds is 3. The van der Waals surface area contributed by atoms with Crippen LogP contribution in [0.4, 0.5) is 0 Å². The first kappa shape index (κ1) is 14.8. The lowest BCUT2D eigenvalue weighted by Crippen LogP contribution is -2.48. The van der Waals surface area contributed by atoms with Crippen LogP contribution in [-0.2, 0) is 4.79 Å². The Hall–Kier alpha value is -0.650. The van der Waals surface area contributed by atoms with E-state index in [1.165, 1.54) is 0 Å². The van der Waals surface area contributed by atoms with Gasteiger partial charge >= 0.3 is 0 Å². The summed E-state index contributed by atoms with van der Waals surface area (Å²) in [6.07, 6.45) is 2.20. The summed E-state index contributed by atoms with van der Waals surface area (Å²) in [6.45, 7) is 4.40. The number of hydrogen-bond donors (Lipinski definition) is 2. The minimum Gasteiger partial charge on any atom is -0.391 e. The van der Waals surface area contributed by atoms with E-state index >= 15 is 0 Å². The molecule has 2 fully saturated rings. The molecule has 1 amide bonds. The quantitative estimate of drug-likeness (QED) is 0.751. The molecule has 110 valence electrons. The number of carbonyl (C=O) groups excluding carboxylic acids is 1. The molecule has 19 heavy (non-hydrogen) atoms. The molecule has 0 aromatic carbocycles. The average molecular weight is 269 g/mol. The molecule has 0 aromatic heterocycles. The normalized spacial score (nSPS) is 35.9. The van der Waals surface area contributed by atoms with Crippen LogP contribution < -0.4 is 5.32 Å². The lowest BCUT2D eigenvalue weighted by Gasteiger charge is -2.33. The topological polar surface area (TPSA) is 55.8 Å². The molecule has 5 nitrogen and oxygen atoms in total. The molecule has 5 heteroatoms. The highest BCUT2D eigenvalue weighted by Gasteiger charge is 2.38. The fourth-order valence-electron chi connectivity index (χ4n) is 3.35. The SMILES string of the molecule is CC1CC(C(=O)N2CC(O)CC2CN(C)C)CCN1. The van der Waals surface area contributed by atoms with E-state index in [1.54, 1.807) is 0 Å². The van der Waals surface area contributed by atoms with Crippen LogP contribution in [0.15, 0.2) is 0 Å². The van der Waals surface area contributed by atoms with Gasteiger partial charge in [0.1, 0.15) is 0 Å². The molecule has 2 heterocycles. The molecule has 0 spiro atoms. The van der Waals surface area contributed by atoms with Crippen molar-refractivity contribution in [2.75, 3.05) is 33.7 Å². The minimum absolute atomic E-state index is 0.131. The number of likely N-dealkylation sites (N-methyl/N-ethyl adjacent to an activating group) is 1. The molecule has 0 aliphatic carbocycles. The zero-order valence-electron chi connectivity index (χ0n) is 12.3. The highest BCUT2D eigenvalue weighted by molar-refractivity contribution is 5.79. The van der Waals surface area contributed by atoms with E-state index in [0.29, 0.717) is 19.0 Å². The molecule has 2 aliphatic rings. The summed E-state index contributed by atoms with van der Waals surface area (Å²) in [7, 11) is 4.03. The highest BCUT2D eigenvalue weighted by atomic mass is 16.3. The van der Waals surface area contributed by atoms with Crippen LogP contribution >= 0.6 is 0 Å².